The molecule has 0 spiro atoms. The van der Waals surface area contributed by atoms with Crippen LogP contribution < -0.4 is 10.5 Å². The zero-order valence-electron chi connectivity index (χ0n) is 19.2. The first kappa shape index (κ1) is 23.5. The molecule has 1 unspecified atom stereocenters. The van der Waals surface area contributed by atoms with Gasteiger partial charge in [-0.15, -0.1) is 5.06 Å². The van der Waals surface area contributed by atoms with Crippen LogP contribution in [0.5, 0.6) is 5.75 Å². The lowest BCUT2D eigenvalue weighted by molar-refractivity contribution is -0.170. The Morgan fingerprint density at radius 2 is 2.15 bits per heavy atom. The van der Waals surface area contributed by atoms with E-state index in [1.165, 1.54) is 18.5 Å². The summed E-state index contributed by atoms with van der Waals surface area (Å²) in [5.74, 6) is 0.770. The van der Waals surface area contributed by atoms with Gasteiger partial charge in [0.25, 0.3) is 0 Å². The first-order valence-corrected chi connectivity index (χ1v) is 11.0. The predicted octanol–water partition coefficient (Wildman–Crippen LogP) is 3.35. The first-order valence-electron chi connectivity index (χ1n) is 10.7. The highest BCUT2D eigenvalue weighted by atomic mass is 35.5. The van der Waals surface area contributed by atoms with Crippen LogP contribution in [-0.4, -0.2) is 57.8 Å². The fourth-order valence-corrected chi connectivity index (χ4v) is 4.46. The van der Waals surface area contributed by atoms with Crippen molar-refractivity contribution < 1.29 is 19.1 Å². The second-order valence-electron chi connectivity index (χ2n) is 7.86. The molecule has 1 aliphatic heterocycles. The number of nitrogens with two attached hydrogens (primary N) is 1. The van der Waals surface area contributed by atoms with E-state index in [2.05, 4.69) is 25.9 Å². The van der Waals surface area contributed by atoms with Gasteiger partial charge in [-0.1, -0.05) is 11.6 Å². The molecule has 0 amide bonds. The van der Waals surface area contributed by atoms with E-state index in [0.29, 0.717) is 64.1 Å². The molecule has 11 nitrogen and oxygen atoms in total. The van der Waals surface area contributed by atoms with E-state index < -0.39 is 6.16 Å². The van der Waals surface area contributed by atoms with Crippen LogP contribution in [0.3, 0.4) is 0 Å². The minimum absolute atomic E-state index is 0.139. The van der Waals surface area contributed by atoms with Gasteiger partial charge in [-0.05, 0) is 26.8 Å². The Morgan fingerprint density at radius 3 is 2.79 bits per heavy atom. The number of fused-ring (bicyclic) bond motifs is 1. The van der Waals surface area contributed by atoms with Crippen LogP contribution in [0.2, 0.25) is 5.02 Å². The molecule has 1 aromatic carbocycles. The molecule has 12 heteroatoms. The predicted molar refractivity (Wildman–Crippen MR) is 123 cm³/mol. The molecule has 0 saturated carbocycles. The summed E-state index contributed by atoms with van der Waals surface area (Å²) >= 11 is 6.58. The molecule has 178 valence electrons. The summed E-state index contributed by atoms with van der Waals surface area (Å²) in [6.45, 7) is 6.77. The first-order chi connectivity index (χ1) is 16.3. The summed E-state index contributed by atoms with van der Waals surface area (Å²) in [5, 5.41) is 17.0. The number of methoxy groups -OCH3 is 1. The molecule has 1 aliphatic rings. The van der Waals surface area contributed by atoms with Crippen LogP contribution in [0.4, 0.5) is 10.6 Å². The molecule has 2 aromatic heterocycles. The third-order valence-corrected chi connectivity index (χ3v) is 6.13. The molecule has 34 heavy (non-hydrogen) atoms. The zero-order valence-corrected chi connectivity index (χ0v) is 20.0. The Hall–Kier alpha value is -3.62. The van der Waals surface area contributed by atoms with Crippen molar-refractivity contribution in [2.45, 2.75) is 32.7 Å². The average Bonchev–Trinajstić information content (AvgIpc) is 3.14. The number of hydrogen-bond donors (Lipinski definition) is 1. The fraction of sp³-hybridized carbons (Fsp3) is 0.409. The lowest BCUT2D eigenvalue weighted by Gasteiger charge is -2.38. The molecular weight excluding hydrogens is 462 g/mol. The van der Waals surface area contributed by atoms with E-state index in [1.54, 1.807) is 10.7 Å². The van der Waals surface area contributed by atoms with Crippen LogP contribution in [0.25, 0.3) is 11.0 Å². The van der Waals surface area contributed by atoms with E-state index >= 15 is 0 Å². The largest absolute Gasteiger partial charge is 0.527 e. The van der Waals surface area contributed by atoms with Gasteiger partial charge in [-0.3, -0.25) is 0 Å². The molecule has 3 aromatic rings. The summed E-state index contributed by atoms with van der Waals surface area (Å²) in [6.07, 6.45) is 0.596. The highest BCUT2D eigenvalue weighted by Crippen LogP contribution is 2.44. The maximum Gasteiger partial charge on any atom is 0.527 e. The number of carbonyl (C=O) groups excluding carboxylic acids is 1. The lowest BCUT2D eigenvalue weighted by atomic mass is 9.86. The second kappa shape index (κ2) is 9.32. The summed E-state index contributed by atoms with van der Waals surface area (Å²) in [5.41, 5.74) is 9.10. The normalized spacial score (nSPS) is 14.9. The Morgan fingerprint density at radius 1 is 1.41 bits per heavy atom. The smallest absolute Gasteiger partial charge is 0.493 e. The van der Waals surface area contributed by atoms with E-state index in [-0.39, 0.29) is 12.0 Å². The number of hydroxylamine groups is 2. The number of aromatic nitrogens is 4. The van der Waals surface area contributed by atoms with Gasteiger partial charge in [0, 0.05) is 30.1 Å². The van der Waals surface area contributed by atoms with Gasteiger partial charge in [0.15, 0.2) is 5.65 Å². The highest BCUT2D eigenvalue weighted by Gasteiger charge is 2.38. The molecule has 1 saturated heterocycles. The van der Waals surface area contributed by atoms with Crippen molar-refractivity contribution >= 4 is 34.6 Å². The number of ether oxygens (including phenoxy) is 2. The number of aryl methyl sites for hydroxylation is 1. The number of rotatable bonds is 6. The number of hydrogen-bond acceptors (Lipinski definition) is 10. The van der Waals surface area contributed by atoms with Crippen LogP contribution in [0.1, 0.15) is 48.2 Å². The van der Waals surface area contributed by atoms with Crippen LogP contribution in [0.15, 0.2) is 12.4 Å². The molecule has 0 aliphatic carbocycles. The Labute approximate surface area is 200 Å². The highest BCUT2D eigenvalue weighted by molar-refractivity contribution is 6.32. The standard InChI is InChI=1S/C22H24ClN7O4/c1-5-33-19-14(12(3)30-21-17(11(2)28-30)20(25)26-10-27-21)6-16(23)15(7-24)18(19)13-8-29(9-13)34-22(31)32-4/h6,10,12-13H,5,8-9H2,1-4H3,(H2,25,26,27). The van der Waals surface area contributed by atoms with Gasteiger partial charge < -0.3 is 20.0 Å². The van der Waals surface area contributed by atoms with Crippen LogP contribution in [0, 0.1) is 18.3 Å². The molecule has 3 heterocycles. The van der Waals surface area contributed by atoms with Crippen molar-refractivity contribution in [3.8, 4) is 11.8 Å². The Bertz CT molecular complexity index is 1300. The summed E-state index contributed by atoms with van der Waals surface area (Å²) in [6, 6.07) is 3.58. The summed E-state index contributed by atoms with van der Waals surface area (Å²) in [7, 11) is 1.24. The maximum absolute atomic E-state index is 11.4. The van der Waals surface area contributed by atoms with Gasteiger partial charge >= 0.3 is 6.16 Å². The van der Waals surface area contributed by atoms with Crippen molar-refractivity contribution in [1.82, 2.24) is 24.8 Å². The monoisotopic (exact) mass is 485 g/mol. The number of nitrogen functional groups attached to an aromatic ring is 1. The SMILES string of the molecule is CCOc1c(C(C)n2nc(C)c3c(N)ncnc32)cc(Cl)c(C#N)c1C1CN(OC(=O)OC)C1. The van der Waals surface area contributed by atoms with Gasteiger partial charge in [0.1, 0.15) is 24.0 Å². The van der Waals surface area contributed by atoms with E-state index in [9.17, 15) is 10.1 Å². The topological polar surface area (TPSA) is 141 Å². The molecule has 1 fully saturated rings. The van der Waals surface area contributed by atoms with Crippen molar-refractivity contribution in [3.63, 3.8) is 0 Å². The minimum Gasteiger partial charge on any atom is -0.493 e. The van der Waals surface area contributed by atoms with E-state index in [1.807, 2.05) is 20.8 Å². The maximum atomic E-state index is 11.4. The van der Waals surface area contributed by atoms with E-state index in [0.717, 1.165) is 5.56 Å². The third-order valence-electron chi connectivity index (χ3n) is 5.83. The van der Waals surface area contributed by atoms with E-state index in [4.69, 9.17) is 26.9 Å². The fourth-order valence-electron chi connectivity index (χ4n) is 4.20. The van der Waals surface area contributed by atoms with Crippen molar-refractivity contribution in [3.05, 3.63) is 39.8 Å². The van der Waals surface area contributed by atoms with Crippen molar-refractivity contribution in [2.24, 2.45) is 0 Å². The molecule has 0 bridgehead atoms. The number of benzene rings is 1. The summed E-state index contributed by atoms with van der Waals surface area (Å²) in [4.78, 5) is 25.0. The van der Waals surface area contributed by atoms with Crippen LogP contribution in [-0.2, 0) is 9.57 Å². The molecular formula is C22H24ClN7O4. The molecule has 1 atom stereocenters. The number of nitriles is 1. The number of carbonyl (C=O) groups is 1. The van der Waals surface area contributed by atoms with Gasteiger partial charge in [-0.2, -0.15) is 10.4 Å². The average molecular weight is 486 g/mol. The van der Waals surface area contributed by atoms with Gasteiger partial charge in [0.05, 0.1) is 41.4 Å². The number of halogens is 1. The van der Waals surface area contributed by atoms with Crippen molar-refractivity contribution in [2.75, 3.05) is 32.5 Å². The second-order valence-corrected chi connectivity index (χ2v) is 8.27. The minimum atomic E-state index is -0.799. The van der Waals surface area contributed by atoms with Gasteiger partial charge in [-0.25, -0.2) is 19.4 Å². The third kappa shape index (κ3) is 3.95. The Kier molecular flexibility index (Phi) is 6.45. The zero-order chi connectivity index (χ0) is 24.6. The molecule has 2 N–H and O–H groups in total. The molecule has 0 radical (unpaired) electrons. The molecule has 4 rings (SSSR count). The van der Waals surface area contributed by atoms with Crippen molar-refractivity contribution in [1.29, 1.82) is 5.26 Å². The quantitative estimate of drug-likeness (QED) is 0.516. The number of nitrogens with zero attached hydrogens (tertiary/aromatic N) is 6. The summed E-state index contributed by atoms with van der Waals surface area (Å²) < 4.78 is 12.4. The Balaban J connectivity index is 1.81. The lowest BCUT2D eigenvalue weighted by Crippen LogP contribution is -2.46. The van der Waals surface area contributed by atoms with Crippen LogP contribution >= 0.6 is 11.6 Å². The number of anilines is 1. The van der Waals surface area contributed by atoms with Gasteiger partial charge in [0.2, 0.25) is 0 Å².